The van der Waals surface area contributed by atoms with Crippen LogP contribution in [0.4, 0.5) is 5.69 Å². The topological polar surface area (TPSA) is 55.1 Å². The molecule has 0 aliphatic heterocycles. The first-order chi connectivity index (χ1) is 8.19. The van der Waals surface area contributed by atoms with E-state index in [0.717, 1.165) is 31.4 Å². The van der Waals surface area contributed by atoms with Crippen LogP contribution in [0.1, 0.15) is 31.7 Å². The van der Waals surface area contributed by atoms with Crippen LogP contribution in [0.5, 0.6) is 0 Å². The summed E-state index contributed by atoms with van der Waals surface area (Å²) in [5.74, 6) is 0.207. The van der Waals surface area contributed by atoms with E-state index < -0.39 is 0 Å². The van der Waals surface area contributed by atoms with Gasteiger partial charge in [-0.1, -0.05) is 19.1 Å². The molecule has 4 heteroatoms. The van der Waals surface area contributed by atoms with Crippen LogP contribution in [0.15, 0.2) is 24.3 Å². The van der Waals surface area contributed by atoms with Crippen LogP contribution in [0.3, 0.4) is 0 Å². The maximum atomic E-state index is 11.9. The highest BCUT2D eigenvalue weighted by atomic mass is 35.5. The molecule has 0 spiro atoms. The summed E-state index contributed by atoms with van der Waals surface area (Å²) in [4.78, 5) is 11.9. The summed E-state index contributed by atoms with van der Waals surface area (Å²) in [5, 5.41) is 2.96. The van der Waals surface area contributed by atoms with Crippen molar-refractivity contribution in [2.75, 3.05) is 5.32 Å². The molecule has 2 rings (SSSR count). The number of halogens is 1. The first kappa shape index (κ1) is 15.0. The molecular formula is C14H21ClN2O. The number of hydrogen-bond donors (Lipinski definition) is 2. The van der Waals surface area contributed by atoms with Crippen molar-refractivity contribution in [1.82, 2.24) is 0 Å². The van der Waals surface area contributed by atoms with Crippen LogP contribution in [0.2, 0.25) is 0 Å². The second kappa shape index (κ2) is 6.76. The predicted molar refractivity (Wildman–Crippen MR) is 77.0 cm³/mol. The van der Waals surface area contributed by atoms with Crippen LogP contribution in [0, 0.1) is 5.92 Å². The lowest BCUT2D eigenvalue weighted by atomic mass is 10.1. The lowest BCUT2D eigenvalue weighted by Crippen LogP contribution is -2.23. The van der Waals surface area contributed by atoms with E-state index in [1.165, 1.54) is 5.56 Å². The van der Waals surface area contributed by atoms with E-state index >= 15 is 0 Å². The fourth-order valence-electron chi connectivity index (χ4n) is 2.32. The van der Waals surface area contributed by atoms with Gasteiger partial charge in [0.05, 0.1) is 0 Å². The summed E-state index contributed by atoms with van der Waals surface area (Å²) in [7, 11) is 0. The van der Waals surface area contributed by atoms with Crippen LogP contribution in [-0.4, -0.2) is 11.9 Å². The van der Waals surface area contributed by atoms with Crippen molar-refractivity contribution in [3.05, 3.63) is 29.8 Å². The molecule has 1 aliphatic rings. The molecule has 2 unspecified atom stereocenters. The van der Waals surface area contributed by atoms with Gasteiger partial charge in [0.2, 0.25) is 5.91 Å². The number of nitrogens with one attached hydrogen (secondary N) is 1. The van der Waals surface area contributed by atoms with E-state index in [1.54, 1.807) is 0 Å². The molecule has 3 N–H and O–H groups in total. The second-order valence-corrected chi connectivity index (χ2v) is 4.81. The van der Waals surface area contributed by atoms with E-state index in [4.69, 9.17) is 5.73 Å². The predicted octanol–water partition coefficient (Wildman–Crippen LogP) is 2.74. The highest BCUT2D eigenvalue weighted by Gasteiger charge is 2.27. The lowest BCUT2D eigenvalue weighted by molar-refractivity contribution is -0.119. The smallest absolute Gasteiger partial charge is 0.227 e. The fourth-order valence-corrected chi connectivity index (χ4v) is 2.32. The Labute approximate surface area is 115 Å². The fraction of sp³-hybridized carbons (Fsp3) is 0.500. The summed E-state index contributed by atoms with van der Waals surface area (Å²) < 4.78 is 0. The summed E-state index contributed by atoms with van der Waals surface area (Å²) in [6.07, 6.45) is 3.72. The molecule has 0 saturated heterocycles. The SMILES string of the molecule is CCc1ccc(NC(=O)C2CCC(N)C2)cc1.Cl. The molecule has 18 heavy (non-hydrogen) atoms. The molecule has 1 fully saturated rings. The molecule has 0 aromatic heterocycles. The van der Waals surface area contributed by atoms with Gasteiger partial charge in [0.25, 0.3) is 0 Å². The van der Waals surface area contributed by atoms with Gasteiger partial charge in [-0.2, -0.15) is 0 Å². The molecule has 1 amide bonds. The number of aryl methyl sites for hydroxylation is 1. The minimum atomic E-state index is 0. The van der Waals surface area contributed by atoms with Crippen molar-refractivity contribution in [3.63, 3.8) is 0 Å². The van der Waals surface area contributed by atoms with Gasteiger partial charge in [-0.3, -0.25) is 4.79 Å². The Bertz CT molecular complexity index is 391. The van der Waals surface area contributed by atoms with E-state index in [9.17, 15) is 4.79 Å². The van der Waals surface area contributed by atoms with Crippen molar-refractivity contribution >= 4 is 24.0 Å². The van der Waals surface area contributed by atoms with Crippen molar-refractivity contribution in [1.29, 1.82) is 0 Å². The summed E-state index contributed by atoms with van der Waals surface area (Å²) in [5.41, 5.74) is 7.98. The normalized spacial score (nSPS) is 22.3. The van der Waals surface area contributed by atoms with Crippen molar-refractivity contribution in [2.24, 2.45) is 11.7 Å². The largest absolute Gasteiger partial charge is 0.328 e. The van der Waals surface area contributed by atoms with E-state index in [1.807, 2.05) is 12.1 Å². The molecule has 1 aromatic carbocycles. The Balaban J connectivity index is 0.00000162. The molecule has 1 aliphatic carbocycles. The Morgan fingerprint density at radius 2 is 2.00 bits per heavy atom. The zero-order chi connectivity index (χ0) is 12.3. The van der Waals surface area contributed by atoms with E-state index in [0.29, 0.717) is 0 Å². The Morgan fingerprint density at radius 1 is 1.33 bits per heavy atom. The molecule has 2 atom stereocenters. The van der Waals surface area contributed by atoms with E-state index in [-0.39, 0.29) is 30.3 Å². The number of carbonyl (C=O) groups is 1. The summed E-state index contributed by atoms with van der Waals surface area (Å²) in [6.45, 7) is 2.12. The Morgan fingerprint density at radius 3 is 2.50 bits per heavy atom. The molecule has 3 nitrogen and oxygen atoms in total. The first-order valence-electron chi connectivity index (χ1n) is 6.34. The van der Waals surface area contributed by atoms with Gasteiger partial charge in [0.15, 0.2) is 0 Å². The minimum Gasteiger partial charge on any atom is -0.328 e. The molecule has 0 bridgehead atoms. The molecule has 0 radical (unpaired) electrons. The molecular weight excluding hydrogens is 248 g/mol. The maximum Gasteiger partial charge on any atom is 0.227 e. The zero-order valence-corrected chi connectivity index (χ0v) is 11.5. The number of carbonyl (C=O) groups excluding carboxylic acids is 1. The van der Waals surface area contributed by atoms with Gasteiger partial charge < -0.3 is 11.1 Å². The average molecular weight is 269 g/mol. The van der Waals surface area contributed by atoms with Gasteiger partial charge in [0, 0.05) is 17.6 Å². The van der Waals surface area contributed by atoms with Gasteiger partial charge in [-0.05, 0) is 43.4 Å². The van der Waals surface area contributed by atoms with Gasteiger partial charge in [-0.25, -0.2) is 0 Å². The number of anilines is 1. The quantitative estimate of drug-likeness (QED) is 0.886. The number of hydrogen-bond acceptors (Lipinski definition) is 2. The number of benzene rings is 1. The van der Waals surface area contributed by atoms with Crippen LogP contribution < -0.4 is 11.1 Å². The monoisotopic (exact) mass is 268 g/mol. The van der Waals surface area contributed by atoms with Crippen LogP contribution in [0.25, 0.3) is 0 Å². The third-order valence-corrected chi connectivity index (χ3v) is 3.47. The van der Waals surface area contributed by atoms with Gasteiger partial charge >= 0.3 is 0 Å². The van der Waals surface area contributed by atoms with Gasteiger partial charge in [-0.15, -0.1) is 12.4 Å². The molecule has 100 valence electrons. The molecule has 0 heterocycles. The van der Waals surface area contributed by atoms with Crippen molar-refractivity contribution in [3.8, 4) is 0 Å². The number of rotatable bonds is 3. The standard InChI is InChI=1S/C14H20N2O.ClH/c1-2-10-3-7-13(8-4-10)16-14(17)11-5-6-12(15)9-11;/h3-4,7-8,11-12H,2,5-6,9,15H2,1H3,(H,16,17);1H. The lowest BCUT2D eigenvalue weighted by Gasteiger charge is -2.11. The van der Waals surface area contributed by atoms with Crippen molar-refractivity contribution < 1.29 is 4.79 Å². The summed E-state index contributed by atoms with van der Waals surface area (Å²) in [6, 6.07) is 8.23. The van der Waals surface area contributed by atoms with E-state index in [2.05, 4.69) is 24.4 Å². The average Bonchev–Trinajstić information content (AvgIpc) is 2.77. The maximum absolute atomic E-state index is 11.9. The third kappa shape index (κ3) is 3.72. The number of amides is 1. The third-order valence-electron chi connectivity index (χ3n) is 3.47. The first-order valence-corrected chi connectivity index (χ1v) is 6.34. The van der Waals surface area contributed by atoms with Crippen molar-refractivity contribution in [2.45, 2.75) is 38.6 Å². The minimum absolute atomic E-state index is 0. The highest BCUT2D eigenvalue weighted by molar-refractivity contribution is 5.92. The zero-order valence-electron chi connectivity index (χ0n) is 10.7. The highest BCUT2D eigenvalue weighted by Crippen LogP contribution is 2.25. The molecule has 1 aromatic rings. The second-order valence-electron chi connectivity index (χ2n) is 4.81. The Kier molecular flexibility index (Phi) is 5.63. The van der Waals surface area contributed by atoms with Crippen LogP contribution in [-0.2, 0) is 11.2 Å². The Hall–Kier alpha value is -1.06. The van der Waals surface area contributed by atoms with Crippen LogP contribution >= 0.6 is 12.4 Å². The van der Waals surface area contributed by atoms with Gasteiger partial charge in [0.1, 0.15) is 0 Å². The molecule has 1 saturated carbocycles. The summed E-state index contributed by atoms with van der Waals surface area (Å²) >= 11 is 0. The number of nitrogens with two attached hydrogens (primary N) is 1.